The summed E-state index contributed by atoms with van der Waals surface area (Å²) < 4.78 is 10.7. The van der Waals surface area contributed by atoms with Crippen LogP contribution in [0.4, 0.5) is 0 Å². The van der Waals surface area contributed by atoms with E-state index in [0.29, 0.717) is 16.5 Å². The summed E-state index contributed by atoms with van der Waals surface area (Å²) in [6, 6.07) is 1.68. The lowest BCUT2D eigenvalue weighted by Crippen LogP contribution is -2.24. The zero-order valence-corrected chi connectivity index (χ0v) is 12.6. The van der Waals surface area contributed by atoms with Crippen LogP contribution in [0.3, 0.4) is 0 Å². The normalized spacial score (nSPS) is 11.3. The highest BCUT2D eigenvalue weighted by molar-refractivity contribution is 6.31. The SMILES string of the molecule is COc1cc(Cl)c(C)c(C(C)(C)CC(=O)O)c1OC. The van der Waals surface area contributed by atoms with E-state index in [4.69, 9.17) is 26.2 Å². The van der Waals surface area contributed by atoms with Gasteiger partial charge in [-0.2, -0.15) is 0 Å². The van der Waals surface area contributed by atoms with E-state index in [1.807, 2.05) is 20.8 Å². The lowest BCUT2D eigenvalue weighted by molar-refractivity contribution is -0.138. The number of hydrogen-bond donors (Lipinski definition) is 1. The van der Waals surface area contributed by atoms with Crippen molar-refractivity contribution in [2.45, 2.75) is 32.6 Å². The number of rotatable bonds is 5. The molecule has 106 valence electrons. The van der Waals surface area contributed by atoms with Crippen molar-refractivity contribution in [3.8, 4) is 11.5 Å². The first-order valence-electron chi connectivity index (χ1n) is 5.88. The van der Waals surface area contributed by atoms with Crippen molar-refractivity contribution in [2.24, 2.45) is 0 Å². The molecule has 0 spiro atoms. The highest BCUT2D eigenvalue weighted by Crippen LogP contribution is 2.45. The average molecular weight is 287 g/mol. The van der Waals surface area contributed by atoms with Gasteiger partial charge < -0.3 is 14.6 Å². The summed E-state index contributed by atoms with van der Waals surface area (Å²) >= 11 is 6.19. The molecule has 1 aromatic rings. The number of methoxy groups -OCH3 is 2. The van der Waals surface area contributed by atoms with Gasteiger partial charge in [0.25, 0.3) is 0 Å². The van der Waals surface area contributed by atoms with Gasteiger partial charge in [0.05, 0.1) is 20.6 Å². The predicted molar refractivity (Wildman–Crippen MR) is 74.6 cm³/mol. The quantitative estimate of drug-likeness (QED) is 0.901. The zero-order valence-electron chi connectivity index (χ0n) is 11.8. The molecule has 0 radical (unpaired) electrons. The van der Waals surface area contributed by atoms with Gasteiger partial charge >= 0.3 is 5.97 Å². The summed E-state index contributed by atoms with van der Waals surface area (Å²) in [6.07, 6.45) is -0.0201. The maximum absolute atomic E-state index is 11.0. The molecule has 0 bridgehead atoms. The third-order valence-corrected chi connectivity index (χ3v) is 3.53. The number of carbonyl (C=O) groups is 1. The summed E-state index contributed by atoms with van der Waals surface area (Å²) in [5, 5.41) is 9.59. The second-order valence-electron chi connectivity index (χ2n) is 5.05. The van der Waals surface area contributed by atoms with E-state index >= 15 is 0 Å². The van der Waals surface area contributed by atoms with Crippen LogP contribution in [0.15, 0.2) is 6.07 Å². The summed E-state index contributed by atoms with van der Waals surface area (Å²) in [7, 11) is 3.06. The molecule has 4 nitrogen and oxygen atoms in total. The maximum Gasteiger partial charge on any atom is 0.304 e. The molecule has 0 aromatic heterocycles. The van der Waals surface area contributed by atoms with Crippen molar-refractivity contribution < 1.29 is 19.4 Å². The van der Waals surface area contributed by atoms with Crippen molar-refractivity contribution in [1.82, 2.24) is 0 Å². The van der Waals surface area contributed by atoms with Crippen LogP contribution in [-0.4, -0.2) is 25.3 Å². The Labute approximate surface area is 118 Å². The first kappa shape index (κ1) is 15.6. The summed E-state index contributed by atoms with van der Waals surface area (Å²) in [5.74, 6) is 0.174. The van der Waals surface area contributed by atoms with E-state index in [2.05, 4.69) is 0 Å². The Kier molecular flexibility index (Phi) is 4.69. The first-order valence-corrected chi connectivity index (χ1v) is 6.25. The Balaban J connectivity index is 3.55. The molecule has 1 rings (SSSR count). The second kappa shape index (κ2) is 5.70. The molecule has 0 atom stereocenters. The second-order valence-corrected chi connectivity index (χ2v) is 5.46. The number of hydrogen-bond acceptors (Lipinski definition) is 3. The minimum Gasteiger partial charge on any atom is -0.493 e. The van der Waals surface area contributed by atoms with Crippen LogP contribution in [0.2, 0.25) is 5.02 Å². The van der Waals surface area contributed by atoms with Crippen molar-refractivity contribution in [2.75, 3.05) is 14.2 Å². The van der Waals surface area contributed by atoms with Crippen LogP contribution in [0.25, 0.3) is 0 Å². The maximum atomic E-state index is 11.0. The van der Waals surface area contributed by atoms with Gasteiger partial charge in [-0.05, 0) is 12.5 Å². The Morgan fingerprint density at radius 2 is 1.95 bits per heavy atom. The minimum atomic E-state index is -0.870. The van der Waals surface area contributed by atoms with Crippen LogP contribution in [-0.2, 0) is 10.2 Å². The van der Waals surface area contributed by atoms with Gasteiger partial charge in [0.2, 0.25) is 0 Å². The Morgan fingerprint density at radius 1 is 1.37 bits per heavy atom. The molecule has 0 heterocycles. The molecule has 1 N–H and O–H groups in total. The fourth-order valence-corrected chi connectivity index (χ4v) is 2.53. The fourth-order valence-electron chi connectivity index (χ4n) is 2.34. The molecule has 0 aliphatic carbocycles. The van der Waals surface area contributed by atoms with E-state index < -0.39 is 11.4 Å². The fraction of sp³-hybridized carbons (Fsp3) is 0.500. The molecule has 0 unspecified atom stereocenters. The summed E-state index contributed by atoms with van der Waals surface area (Å²) in [4.78, 5) is 11.0. The lowest BCUT2D eigenvalue weighted by atomic mass is 9.78. The van der Waals surface area contributed by atoms with Crippen molar-refractivity contribution in [1.29, 1.82) is 0 Å². The van der Waals surface area contributed by atoms with Gasteiger partial charge in [-0.25, -0.2) is 0 Å². The monoisotopic (exact) mass is 286 g/mol. The van der Waals surface area contributed by atoms with Gasteiger partial charge in [-0.15, -0.1) is 0 Å². The van der Waals surface area contributed by atoms with E-state index in [9.17, 15) is 4.79 Å². The van der Waals surface area contributed by atoms with Crippen molar-refractivity contribution >= 4 is 17.6 Å². The molecule has 0 aliphatic rings. The zero-order chi connectivity index (χ0) is 14.8. The highest BCUT2D eigenvalue weighted by atomic mass is 35.5. The van der Waals surface area contributed by atoms with Gasteiger partial charge in [0, 0.05) is 22.1 Å². The number of halogens is 1. The predicted octanol–water partition coefficient (Wildman–Crippen LogP) is 3.42. The number of carboxylic acids is 1. The van der Waals surface area contributed by atoms with Crippen molar-refractivity contribution in [3.05, 3.63) is 22.2 Å². The van der Waals surface area contributed by atoms with E-state index in [-0.39, 0.29) is 6.42 Å². The number of ether oxygens (including phenoxy) is 2. The molecule has 0 saturated carbocycles. The first-order chi connectivity index (χ1) is 8.74. The number of benzene rings is 1. The largest absolute Gasteiger partial charge is 0.493 e. The van der Waals surface area contributed by atoms with E-state index in [1.165, 1.54) is 14.2 Å². The Hall–Kier alpha value is -1.42. The van der Waals surface area contributed by atoms with Crippen LogP contribution < -0.4 is 9.47 Å². The molecule has 19 heavy (non-hydrogen) atoms. The molecule has 0 amide bonds. The topological polar surface area (TPSA) is 55.8 Å². The standard InChI is InChI=1S/C14H19ClO4/c1-8-9(15)6-10(18-4)13(19-5)12(8)14(2,3)7-11(16)17/h6H,7H2,1-5H3,(H,16,17). The molecular weight excluding hydrogens is 268 g/mol. The van der Waals surface area contributed by atoms with E-state index in [1.54, 1.807) is 6.07 Å². The number of carboxylic acid groups (broad SMARTS) is 1. The molecule has 5 heteroatoms. The van der Waals surface area contributed by atoms with Crippen LogP contribution in [0, 0.1) is 6.92 Å². The minimum absolute atomic E-state index is 0.0201. The van der Waals surface area contributed by atoms with Crippen LogP contribution in [0.1, 0.15) is 31.4 Å². The van der Waals surface area contributed by atoms with E-state index in [0.717, 1.165) is 11.1 Å². The molecule has 0 aliphatic heterocycles. The smallest absolute Gasteiger partial charge is 0.304 e. The van der Waals surface area contributed by atoms with Crippen LogP contribution in [0.5, 0.6) is 11.5 Å². The Morgan fingerprint density at radius 3 is 2.37 bits per heavy atom. The van der Waals surface area contributed by atoms with Gasteiger partial charge in [0.15, 0.2) is 11.5 Å². The van der Waals surface area contributed by atoms with Gasteiger partial charge in [-0.3, -0.25) is 4.79 Å². The molecular formula is C14H19ClO4. The molecule has 0 fully saturated rings. The van der Waals surface area contributed by atoms with Crippen molar-refractivity contribution in [3.63, 3.8) is 0 Å². The summed E-state index contributed by atoms with van der Waals surface area (Å²) in [6.45, 7) is 5.55. The summed E-state index contributed by atoms with van der Waals surface area (Å²) in [5.41, 5.74) is 0.965. The number of aliphatic carboxylic acids is 1. The average Bonchev–Trinajstić information content (AvgIpc) is 2.29. The molecule has 0 saturated heterocycles. The van der Waals surface area contributed by atoms with Gasteiger partial charge in [-0.1, -0.05) is 25.4 Å². The van der Waals surface area contributed by atoms with Gasteiger partial charge in [0.1, 0.15) is 0 Å². The third kappa shape index (κ3) is 3.13. The Bertz CT molecular complexity index is 495. The highest BCUT2D eigenvalue weighted by Gasteiger charge is 2.32. The van der Waals surface area contributed by atoms with Crippen LogP contribution >= 0.6 is 11.6 Å². The third-order valence-electron chi connectivity index (χ3n) is 3.14. The lowest BCUT2D eigenvalue weighted by Gasteiger charge is -2.29. The molecule has 1 aromatic carbocycles.